The van der Waals surface area contributed by atoms with Gasteiger partial charge in [-0.05, 0) is 45.1 Å². The lowest BCUT2D eigenvalue weighted by Crippen LogP contribution is -2.47. The van der Waals surface area contributed by atoms with Crippen LogP contribution in [0, 0.1) is 11.8 Å². The number of carbonyl (C=O) groups is 2. The van der Waals surface area contributed by atoms with Crippen LogP contribution in [0.3, 0.4) is 0 Å². The van der Waals surface area contributed by atoms with Crippen molar-refractivity contribution >= 4 is 11.9 Å². The van der Waals surface area contributed by atoms with Crippen LogP contribution in [0.15, 0.2) is 0 Å². The lowest BCUT2D eigenvalue weighted by atomic mass is 9.81. The van der Waals surface area contributed by atoms with Crippen LogP contribution in [0.5, 0.6) is 0 Å². The van der Waals surface area contributed by atoms with Gasteiger partial charge in [-0.1, -0.05) is 13.3 Å². The van der Waals surface area contributed by atoms with Crippen molar-refractivity contribution < 1.29 is 14.7 Å². The SMILES string of the molecule is CCCN1CCC(NC(=O)C2CCCC(C(=O)O)C2)CC1. The van der Waals surface area contributed by atoms with E-state index in [0.29, 0.717) is 12.8 Å². The van der Waals surface area contributed by atoms with E-state index in [1.165, 1.54) is 6.42 Å². The summed E-state index contributed by atoms with van der Waals surface area (Å²) in [5, 5.41) is 12.3. The van der Waals surface area contributed by atoms with Crippen LogP contribution < -0.4 is 5.32 Å². The maximum atomic E-state index is 12.3. The second kappa shape index (κ2) is 7.78. The monoisotopic (exact) mass is 296 g/mol. The van der Waals surface area contributed by atoms with Crippen molar-refractivity contribution in [1.29, 1.82) is 0 Å². The highest BCUT2D eigenvalue weighted by Gasteiger charge is 2.32. The number of rotatable bonds is 5. The largest absolute Gasteiger partial charge is 0.481 e. The van der Waals surface area contributed by atoms with Gasteiger partial charge in [-0.3, -0.25) is 9.59 Å². The highest BCUT2D eigenvalue weighted by molar-refractivity contribution is 5.80. The molecule has 1 aliphatic heterocycles. The van der Waals surface area contributed by atoms with E-state index in [9.17, 15) is 9.59 Å². The number of aliphatic carboxylic acids is 1. The first-order chi connectivity index (χ1) is 10.1. The van der Waals surface area contributed by atoms with Gasteiger partial charge in [0.05, 0.1) is 5.92 Å². The Balaban J connectivity index is 1.75. The third kappa shape index (κ3) is 4.70. The van der Waals surface area contributed by atoms with Crippen molar-refractivity contribution in [2.75, 3.05) is 19.6 Å². The van der Waals surface area contributed by atoms with Crippen LogP contribution >= 0.6 is 0 Å². The molecule has 2 atom stereocenters. The number of nitrogens with one attached hydrogen (secondary N) is 1. The van der Waals surface area contributed by atoms with Gasteiger partial charge in [-0.25, -0.2) is 0 Å². The molecule has 1 heterocycles. The molecule has 2 rings (SSSR count). The predicted molar refractivity (Wildman–Crippen MR) is 81.0 cm³/mol. The fourth-order valence-electron chi connectivity index (χ4n) is 3.59. The molecule has 5 heteroatoms. The number of carboxylic acid groups (broad SMARTS) is 1. The molecule has 0 bridgehead atoms. The lowest BCUT2D eigenvalue weighted by molar-refractivity contribution is -0.144. The van der Waals surface area contributed by atoms with Crippen molar-refractivity contribution in [3.8, 4) is 0 Å². The van der Waals surface area contributed by atoms with Crippen LogP contribution in [-0.4, -0.2) is 47.6 Å². The van der Waals surface area contributed by atoms with E-state index in [2.05, 4.69) is 17.1 Å². The summed E-state index contributed by atoms with van der Waals surface area (Å²) in [7, 11) is 0. The molecule has 0 aromatic rings. The van der Waals surface area contributed by atoms with Gasteiger partial charge in [-0.15, -0.1) is 0 Å². The van der Waals surface area contributed by atoms with Crippen LogP contribution in [0.2, 0.25) is 0 Å². The van der Waals surface area contributed by atoms with Crippen molar-refractivity contribution in [2.45, 2.75) is 57.9 Å². The Morgan fingerprint density at radius 3 is 2.43 bits per heavy atom. The zero-order valence-electron chi connectivity index (χ0n) is 13.0. The summed E-state index contributed by atoms with van der Waals surface area (Å²) < 4.78 is 0. The third-order valence-corrected chi connectivity index (χ3v) is 4.87. The molecule has 5 nitrogen and oxygen atoms in total. The first-order valence-corrected chi connectivity index (χ1v) is 8.35. The van der Waals surface area contributed by atoms with Crippen molar-refractivity contribution in [1.82, 2.24) is 10.2 Å². The Bertz CT molecular complexity index is 365. The second-order valence-electron chi connectivity index (χ2n) is 6.52. The zero-order chi connectivity index (χ0) is 15.2. The number of carboxylic acids is 1. The van der Waals surface area contributed by atoms with Gasteiger partial charge >= 0.3 is 5.97 Å². The van der Waals surface area contributed by atoms with Gasteiger partial charge in [0.15, 0.2) is 0 Å². The minimum Gasteiger partial charge on any atom is -0.481 e. The minimum absolute atomic E-state index is 0.0786. The number of amides is 1. The summed E-state index contributed by atoms with van der Waals surface area (Å²) in [6, 6.07) is 0.274. The maximum absolute atomic E-state index is 12.3. The molecule has 1 amide bonds. The average molecular weight is 296 g/mol. The Labute approximate surface area is 127 Å². The van der Waals surface area contributed by atoms with Gasteiger partial charge < -0.3 is 15.3 Å². The summed E-state index contributed by atoms with van der Waals surface area (Å²) in [6.07, 6.45) is 6.12. The van der Waals surface area contributed by atoms with Gasteiger partial charge in [0.2, 0.25) is 5.91 Å². The predicted octanol–water partition coefficient (Wildman–Crippen LogP) is 1.87. The normalized spacial score (nSPS) is 28.2. The van der Waals surface area contributed by atoms with Crippen LogP contribution in [-0.2, 0) is 9.59 Å². The Hall–Kier alpha value is -1.10. The molecule has 2 aliphatic rings. The van der Waals surface area contributed by atoms with Gasteiger partial charge in [0.25, 0.3) is 0 Å². The Morgan fingerprint density at radius 1 is 1.14 bits per heavy atom. The molecule has 1 saturated heterocycles. The highest BCUT2D eigenvalue weighted by Crippen LogP contribution is 2.29. The Kier molecular flexibility index (Phi) is 6.03. The smallest absolute Gasteiger partial charge is 0.306 e. The third-order valence-electron chi connectivity index (χ3n) is 4.87. The first kappa shape index (κ1) is 16.3. The number of nitrogens with zero attached hydrogens (tertiary/aromatic N) is 1. The van der Waals surface area contributed by atoms with E-state index >= 15 is 0 Å². The molecule has 0 spiro atoms. The summed E-state index contributed by atoms with van der Waals surface area (Å²) in [6.45, 7) is 5.45. The molecule has 0 radical (unpaired) electrons. The van der Waals surface area contributed by atoms with E-state index in [0.717, 1.165) is 45.3 Å². The molecular weight excluding hydrogens is 268 g/mol. The molecule has 2 unspecified atom stereocenters. The fourth-order valence-corrected chi connectivity index (χ4v) is 3.59. The highest BCUT2D eigenvalue weighted by atomic mass is 16.4. The molecule has 1 saturated carbocycles. The first-order valence-electron chi connectivity index (χ1n) is 8.35. The molecule has 21 heavy (non-hydrogen) atoms. The zero-order valence-corrected chi connectivity index (χ0v) is 13.0. The van der Waals surface area contributed by atoms with Crippen molar-refractivity contribution in [3.05, 3.63) is 0 Å². The lowest BCUT2D eigenvalue weighted by Gasteiger charge is -2.33. The number of likely N-dealkylation sites (tertiary alicyclic amines) is 1. The van der Waals surface area contributed by atoms with Crippen LogP contribution in [0.25, 0.3) is 0 Å². The molecule has 2 fully saturated rings. The topological polar surface area (TPSA) is 69.6 Å². The van der Waals surface area contributed by atoms with Crippen LogP contribution in [0.4, 0.5) is 0 Å². The maximum Gasteiger partial charge on any atom is 0.306 e. The minimum atomic E-state index is -0.750. The summed E-state index contributed by atoms with van der Waals surface area (Å²) in [5.74, 6) is -1.11. The summed E-state index contributed by atoms with van der Waals surface area (Å²) in [5.41, 5.74) is 0. The van der Waals surface area contributed by atoms with Crippen LogP contribution in [0.1, 0.15) is 51.9 Å². The van der Waals surface area contributed by atoms with E-state index in [1.54, 1.807) is 0 Å². The van der Waals surface area contributed by atoms with E-state index < -0.39 is 5.97 Å². The van der Waals surface area contributed by atoms with Crippen molar-refractivity contribution in [3.63, 3.8) is 0 Å². The second-order valence-corrected chi connectivity index (χ2v) is 6.52. The molecule has 2 N–H and O–H groups in total. The molecule has 120 valence electrons. The molecular formula is C16H28N2O3. The Morgan fingerprint density at radius 2 is 1.81 bits per heavy atom. The summed E-state index contributed by atoms with van der Waals surface area (Å²) >= 11 is 0. The van der Waals surface area contributed by atoms with E-state index in [1.807, 2.05) is 0 Å². The fraction of sp³-hybridized carbons (Fsp3) is 0.875. The van der Waals surface area contributed by atoms with E-state index in [-0.39, 0.29) is 23.8 Å². The number of piperidine rings is 1. The summed E-state index contributed by atoms with van der Waals surface area (Å²) in [4.78, 5) is 25.8. The average Bonchev–Trinajstić information content (AvgIpc) is 2.49. The van der Waals surface area contributed by atoms with Gasteiger partial charge in [0.1, 0.15) is 0 Å². The van der Waals surface area contributed by atoms with Gasteiger partial charge in [-0.2, -0.15) is 0 Å². The molecule has 1 aliphatic carbocycles. The number of hydrogen-bond acceptors (Lipinski definition) is 3. The molecule has 0 aromatic heterocycles. The molecule has 0 aromatic carbocycles. The standard InChI is InChI=1S/C16H28N2O3/c1-2-8-18-9-6-14(7-10-18)17-15(19)12-4-3-5-13(11-12)16(20)21/h12-14H,2-11H2,1H3,(H,17,19)(H,20,21). The van der Waals surface area contributed by atoms with E-state index in [4.69, 9.17) is 5.11 Å². The number of carbonyl (C=O) groups excluding carboxylic acids is 1. The van der Waals surface area contributed by atoms with Gasteiger partial charge in [0, 0.05) is 25.0 Å². The number of hydrogen-bond donors (Lipinski definition) is 2. The van der Waals surface area contributed by atoms with Crippen molar-refractivity contribution in [2.24, 2.45) is 11.8 Å². The quantitative estimate of drug-likeness (QED) is 0.812.